The second-order valence-electron chi connectivity index (χ2n) is 6.68. The normalized spacial score (nSPS) is 26.6. The van der Waals surface area contributed by atoms with Crippen molar-refractivity contribution >= 4 is 12.0 Å². The number of carboxylic acid groups (broad SMARTS) is 1. The van der Waals surface area contributed by atoms with E-state index in [-0.39, 0.29) is 24.7 Å². The minimum atomic E-state index is -0.916. The van der Waals surface area contributed by atoms with Gasteiger partial charge in [0.05, 0.1) is 0 Å². The molecule has 2 aliphatic rings. The van der Waals surface area contributed by atoms with Crippen LogP contribution in [0.5, 0.6) is 0 Å². The lowest BCUT2D eigenvalue weighted by molar-refractivity contribution is -0.138. The van der Waals surface area contributed by atoms with Gasteiger partial charge in [0.1, 0.15) is 6.54 Å². The van der Waals surface area contributed by atoms with Crippen LogP contribution < -0.4 is 0 Å². The lowest BCUT2D eigenvalue weighted by atomic mass is 9.85. The van der Waals surface area contributed by atoms with E-state index < -0.39 is 5.97 Å². The summed E-state index contributed by atoms with van der Waals surface area (Å²) in [4.78, 5) is 27.3. The standard InChI is InChI=1S/C16H28N2O3/c1-12-7-3-6-10-14(12)17(2)16(21)18(11-15(19)20)13-8-4-5-9-13/h12-14H,3-11H2,1-2H3,(H,19,20). The van der Waals surface area contributed by atoms with E-state index in [1.807, 2.05) is 11.9 Å². The van der Waals surface area contributed by atoms with Crippen molar-refractivity contribution in [1.82, 2.24) is 9.80 Å². The van der Waals surface area contributed by atoms with Gasteiger partial charge in [0.2, 0.25) is 0 Å². The first-order chi connectivity index (χ1) is 10.0. The van der Waals surface area contributed by atoms with Crippen LogP contribution in [0.1, 0.15) is 58.3 Å². The Bertz CT molecular complexity index is 380. The van der Waals surface area contributed by atoms with Crippen LogP contribution in [0.25, 0.3) is 0 Å². The summed E-state index contributed by atoms with van der Waals surface area (Å²) in [5.41, 5.74) is 0. The van der Waals surface area contributed by atoms with Crippen LogP contribution in [0.15, 0.2) is 0 Å². The average molecular weight is 296 g/mol. The van der Waals surface area contributed by atoms with E-state index in [0.717, 1.165) is 44.9 Å². The van der Waals surface area contributed by atoms with Gasteiger partial charge in [0, 0.05) is 19.1 Å². The molecule has 5 nitrogen and oxygen atoms in total. The third-order valence-electron chi connectivity index (χ3n) is 5.18. The number of amides is 2. The van der Waals surface area contributed by atoms with Crippen molar-refractivity contribution < 1.29 is 14.7 Å². The molecule has 2 rings (SSSR count). The number of hydrogen-bond acceptors (Lipinski definition) is 2. The molecule has 2 aliphatic carbocycles. The molecule has 0 radical (unpaired) electrons. The molecule has 0 aromatic rings. The van der Waals surface area contributed by atoms with Crippen molar-refractivity contribution in [3.63, 3.8) is 0 Å². The topological polar surface area (TPSA) is 60.9 Å². The second-order valence-corrected chi connectivity index (χ2v) is 6.68. The highest BCUT2D eigenvalue weighted by Crippen LogP contribution is 2.30. The van der Waals surface area contributed by atoms with Crippen molar-refractivity contribution in [1.29, 1.82) is 0 Å². The van der Waals surface area contributed by atoms with E-state index >= 15 is 0 Å². The number of carbonyl (C=O) groups excluding carboxylic acids is 1. The van der Waals surface area contributed by atoms with Gasteiger partial charge < -0.3 is 14.9 Å². The first-order valence-corrected chi connectivity index (χ1v) is 8.26. The third-order valence-corrected chi connectivity index (χ3v) is 5.18. The lowest BCUT2D eigenvalue weighted by Gasteiger charge is -2.40. The number of urea groups is 1. The first-order valence-electron chi connectivity index (χ1n) is 8.26. The molecule has 120 valence electrons. The third kappa shape index (κ3) is 3.89. The van der Waals surface area contributed by atoms with Gasteiger partial charge in [-0.05, 0) is 31.6 Å². The number of hydrogen-bond donors (Lipinski definition) is 1. The summed E-state index contributed by atoms with van der Waals surface area (Å²) in [6.07, 6.45) is 8.66. The Morgan fingerprint density at radius 1 is 1.05 bits per heavy atom. The summed E-state index contributed by atoms with van der Waals surface area (Å²) >= 11 is 0. The SMILES string of the molecule is CC1CCCCC1N(C)C(=O)N(CC(=O)O)C1CCCC1. The molecule has 2 amide bonds. The summed E-state index contributed by atoms with van der Waals surface area (Å²) in [6, 6.07) is 0.266. The maximum absolute atomic E-state index is 12.8. The monoisotopic (exact) mass is 296 g/mol. The Morgan fingerprint density at radius 3 is 2.19 bits per heavy atom. The fourth-order valence-electron chi connectivity index (χ4n) is 3.93. The minimum Gasteiger partial charge on any atom is -0.480 e. The molecule has 0 heterocycles. The van der Waals surface area contributed by atoms with Crippen molar-refractivity contribution in [3.8, 4) is 0 Å². The Balaban J connectivity index is 2.06. The number of aliphatic carboxylic acids is 1. The zero-order chi connectivity index (χ0) is 15.4. The second kappa shape index (κ2) is 7.14. The molecule has 0 bridgehead atoms. The Morgan fingerprint density at radius 2 is 1.62 bits per heavy atom. The molecular formula is C16H28N2O3. The van der Waals surface area contributed by atoms with E-state index in [0.29, 0.717) is 5.92 Å². The molecule has 2 fully saturated rings. The predicted molar refractivity (Wildman–Crippen MR) is 81.2 cm³/mol. The minimum absolute atomic E-state index is 0.0944. The fourth-order valence-corrected chi connectivity index (χ4v) is 3.93. The Kier molecular flexibility index (Phi) is 5.48. The van der Waals surface area contributed by atoms with Crippen molar-refractivity contribution in [2.24, 2.45) is 5.92 Å². The molecular weight excluding hydrogens is 268 g/mol. The van der Waals surface area contributed by atoms with Crippen molar-refractivity contribution in [2.45, 2.75) is 70.4 Å². The maximum Gasteiger partial charge on any atom is 0.323 e. The molecule has 0 aliphatic heterocycles. The molecule has 0 aromatic carbocycles. The predicted octanol–water partition coefficient (Wildman–Crippen LogP) is 2.95. The lowest BCUT2D eigenvalue weighted by Crippen LogP contribution is -2.53. The molecule has 5 heteroatoms. The number of carbonyl (C=O) groups is 2. The summed E-state index contributed by atoms with van der Waals surface area (Å²) in [7, 11) is 1.85. The molecule has 2 atom stereocenters. The van der Waals surface area contributed by atoms with Crippen molar-refractivity contribution in [3.05, 3.63) is 0 Å². The van der Waals surface area contributed by atoms with Gasteiger partial charge >= 0.3 is 12.0 Å². The number of carboxylic acids is 1. The van der Waals surface area contributed by atoms with Gasteiger partial charge in [0.15, 0.2) is 0 Å². The largest absolute Gasteiger partial charge is 0.480 e. The Hall–Kier alpha value is -1.26. The molecule has 2 unspecified atom stereocenters. The van der Waals surface area contributed by atoms with Crippen LogP contribution in [-0.4, -0.2) is 52.6 Å². The zero-order valence-corrected chi connectivity index (χ0v) is 13.3. The van der Waals surface area contributed by atoms with Gasteiger partial charge in [0.25, 0.3) is 0 Å². The highest BCUT2D eigenvalue weighted by molar-refractivity contribution is 5.80. The van der Waals surface area contributed by atoms with Crippen LogP contribution in [0.2, 0.25) is 0 Å². The molecule has 0 spiro atoms. The fraction of sp³-hybridized carbons (Fsp3) is 0.875. The number of rotatable bonds is 4. The van der Waals surface area contributed by atoms with Crippen LogP contribution in [0, 0.1) is 5.92 Å². The van der Waals surface area contributed by atoms with Crippen LogP contribution >= 0.6 is 0 Å². The molecule has 0 saturated heterocycles. The smallest absolute Gasteiger partial charge is 0.323 e. The summed E-state index contributed by atoms with van der Waals surface area (Å²) < 4.78 is 0. The summed E-state index contributed by atoms with van der Waals surface area (Å²) in [5, 5.41) is 9.12. The number of nitrogens with zero attached hydrogens (tertiary/aromatic N) is 2. The van der Waals surface area contributed by atoms with E-state index in [1.54, 1.807) is 4.90 Å². The zero-order valence-electron chi connectivity index (χ0n) is 13.3. The van der Waals surface area contributed by atoms with Crippen LogP contribution in [0.3, 0.4) is 0 Å². The van der Waals surface area contributed by atoms with Gasteiger partial charge in [-0.2, -0.15) is 0 Å². The quantitative estimate of drug-likeness (QED) is 0.867. The summed E-state index contributed by atoms with van der Waals surface area (Å²) in [5.74, 6) is -0.414. The van der Waals surface area contributed by atoms with E-state index in [4.69, 9.17) is 5.11 Å². The molecule has 2 saturated carbocycles. The summed E-state index contributed by atoms with van der Waals surface area (Å²) in [6.45, 7) is 2.03. The maximum atomic E-state index is 12.8. The van der Waals surface area contributed by atoms with Crippen molar-refractivity contribution in [2.75, 3.05) is 13.6 Å². The highest BCUT2D eigenvalue weighted by Gasteiger charge is 2.34. The van der Waals surface area contributed by atoms with E-state index in [9.17, 15) is 9.59 Å². The van der Waals surface area contributed by atoms with Gasteiger partial charge in [-0.3, -0.25) is 4.79 Å². The van der Waals surface area contributed by atoms with Gasteiger partial charge in [-0.15, -0.1) is 0 Å². The van der Waals surface area contributed by atoms with E-state index in [2.05, 4.69) is 6.92 Å². The van der Waals surface area contributed by atoms with Gasteiger partial charge in [-0.25, -0.2) is 4.79 Å². The van der Waals surface area contributed by atoms with E-state index in [1.165, 1.54) is 6.42 Å². The first kappa shape index (κ1) is 16.1. The van der Waals surface area contributed by atoms with Gasteiger partial charge in [-0.1, -0.05) is 32.6 Å². The Labute approximate surface area is 127 Å². The highest BCUT2D eigenvalue weighted by atomic mass is 16.4. The molecule has 21 heavy (non-hydrogen) atoms. The van der Waals surface area contributed by atoms with Crippen LogP contribution in [-0.2, 0) is 4.79 Å². The average Bonchev–Trinajstić information content (AvgIpc) is 2.97. The van der Waals surface area contributed by atoms with Crippen LogP contribution in [0.4, 0.5) is 4.79 Å². The molecule has 0 aromatic heterocycles. The molecule has 1 N–H and O–H groups in total.